The van der Waals surface area contributed by atoms with E-state index in [0.29, 0.717) is 20.8 Å². The molecule has 0 aliphatic rings. The quantitative estimate of drug-likeness (QED) is 0.489. The smallest absolute Gasteiger partial charge is 0.216 e. The Balaban J connectivity index is 2.04. The molecule has 0 saturated carbocycles. The summed E-state index contributed by atoms with van der Waals surface area (Å²) in [4.78, 5) is 0. The number of aromatic amines is 1. The third-order valence-electron chi connectivity index (χ3n) is 3.63. The molecular formula is C17H15BrN4O2S. The minimum Gasteiger partial charge on any atom is -0.503 e. The Hall–Kier alpha value is -2.45. The average Bonchev–Trinajstić information content (AvgIpc) is 2.96. The van der Waals surface area contributed by atoms with Gasteiger partial charge in [-0.05, 0) is 58.3 Å². The Labute approximate surface area is 157 Å². The molecular weight excluding hydrogens is 404 g/mol. The van der Waals surface area contributed by atoms with E-state index in [0.717, 1.165) is 16.7 Å². The van der Waals surface area contributed by atoms with E-state index in [1.54, 1.807) is 23.0 Å². The monoisotopic (exact) mass is 418 g/mol. The van der Waals surface area contributed by atoms with Crippen LogP contribution in [0.2, 0.25) is 0 Å². The lowest BCUT2D eigenvalue weighted by Gasteiger charge is -2.07. The lowest BCUT2D eigenvalue weighted by atomic mass is 10.1. The molecule has 0 spiro atoms. The molecule has 0 aliphatic heterocycles. The summed E-state index contributed by atoms with van der Waals surface area (Å²) in [5.41, 5.74) is 2.75. The highest BCUT2D eigenvalue weighted by Gasteiger charge is 2.11. The maximum atomic E-state index is 9.89. The van der Waals surface area contributed by atoms with Crippen LogP contribution in [0.25, 0.3) is 11.4 Å². The topological polar surface area (TPSA) is 75.4 Å². The van der Waals surface area contributed by atoms with Crippen LogP contribution >= 0.6 is 28.1 Å². The second kappa shape index (κ2) is 7.20. The molecule has 2 aromatic carbocycles. The summed E-state index contributed by atoms with van der Waals surface area (Å²) >= 11 is 8.58. The zero-order valence-electron chi connectivity index (χ0n) is 13.5. The Morgan fingerprint density at radius 3 is 2.84 bits per heavy atom. The zero-order valence-corrected chi connectivity index (χ0v) is 15.9. The van der Waals surface area contributed by atoms with Crippen molar-refractivity contribution in [3.05, 3.63) is 56.8 Å². The number of phenolic OH excluding ortho intramolecular Hbond substituents is 1. The molecule has 25 heavy (non-hydrogen) atoms. The second-order valence-corrected chi connectivity index (χ2v) is 6.52. The van der Waals surface area contributed by atoms with Gasteiger partial charge in [-0.2, -0.15) is 14.9 Å². The molecule has 1 heterocycles. The fourth-order valence-electron chi connectivity index (χ4n) is 2.35. The van der Waals surface area contributed by atoms with Gasteiger partial charge in [0.25, 0.3) is 0 Å². The maximum absolute atomic E-state index is 9.89. The van der Waals surface area contributed by atoms with Crippen molar-refractivity contribution in [2.75, 3.05) is 7.11 Å². The summed E-state index contributed by atoms with van der Waals surface area (Å²) in [5, 5.41) is 21.4. The molecule has 0 aliphatic carbocycles. The molecule has 1 aromatic heterocycles. The minimum absolute atomic E-state index is 0.0418. The zero-order chi connectivity index (χ0) is 18.0. The van der Waals surface area contributed by atoms with Gasteiger partial charge >= 0.3 is 0 Å². The van der Waals surface area contributed by atoms with E-state index in [2.05, 4.69) is 31.2 Å². The Morgan fingerprint density at radius 2 is 2.12 bits per heavy atom. The first-order valence-electron chi connectivity index (χ1n) is 7.35. The highest BCUT2D eigenvalue weighted by molar-refractivity contribution is 9.10. The van der Waals surface area contributed by atoms with Crippen molar-refractivity contribution < 1.29 is 9.84 Å². The lowest BCUT2D eigenvalue weighted by Crippen LogP contribution is -1.97. The number of ether oxygens (including phenoxy) is 1. The first-order valence-corrected chi connectivity index (χ1v) is 8.55. The largest absolute Gasteiger partial charge is 0.503 e. The van der Waals surface area contributed by atoms with Gasteiger partial charge in [0, 0.05) is 5.56 Å². The average molecular weight is 419 g/mol. The highest BCUT2D eigenvalue weighted by Crippen LogP contribution is 2.34. The van der Waals surface area contributed by atoms with E-state index in [1.165, 1.54) is 7.11 Å². The maximum Gasteiger partial charge on any atom is 0.216 e. The number of rotatable bonds is 4. The van der Waals surface area contributed by atoms with Gasteiger partial charge in [0.2, 0.25) is 4.77 Å². The highest BCUT2D eigenvalue weighted by atomic mass is 79.9. The van der Waals surface area contributed by atoms with Gasteiger partial charge in [-0.25, -0.2) is 5.10 Å². The van der Waals surface area contributed by atoms with Crippen LogP contribution in [0.5, 0.6) is 11.5 Å². The second-order valence-electron chi connectivity index (χ2n) is 5.28. The standard InChI is InChI=1S/C17H15BrN4O2S/c1-10-5-3-4-6-12(10)16-20-21-17(25)22(16)19-9-11-7-13(18)15(23)14(8-11)24-2/h3-9,23H,1-2H3,(H,21,25)/b19-9+. The molecule has 0 amide bonds. The summed E-state index contributed by atoms with van der Waals surface area (Å²) in [7, 11) is 1.49. The minimum atomic E-state index is 0.0418. The van der Waals surface area contributed by atoms with E-state index >= 15 is 0 Å². The van der Waals surface area contributed by atoms with Crippen molar-refractivity contribution in [2.24, 2.45) is 5.10 Å². The van der Waals surface area contributed by atoms with Crippen LogP contribution in [-0.2, 0) is 0 Å². The van der Waals surface area contributed by atoms with Crippen LogP contribution in [0, 0.1) is 11.7 Å². The van der Waals surface area contributed by atoms with Crippen LogP contribution < -0.4 is 4.74 Å². The van der Waals surface area contributed by atoms with E-state index in [4.69, 9.17) is 17.0 Å². The van der Waals surface area contributed by atoms with E-state index in [-0.39, 0.29) is 5.75 Å². The Morgan fingerprint density at radius 1 is 1.36 bits per heavy atom. The summed E-state index contributed by atoms with van der Waals surface area (Å²) in [6, 6.07) is 11.3. The van der Waals surface area contributed by atoms with Gasteiger partial charge in [0.05, 0.1) is 17.8 Å². The fraction of sp³-hybridized carbons (Fsp3) is 0.118. The van der Waals surface area contributed by atoms with Crippen molar-refractivity contribution in [1.82, 2.24) is 14.9 Å². The number of methoxy groups -OCH3 is 1. The molecule has 2 N–H and O–H groups in total. The van der Waals surface area contributed by atoms with Crippen LogP contribution in [0.4, 0.5) is 0 Å². The SMILES string of the molecule is COc1cc(/C=N/n2c(-c3ccccc3C)n[nH]c2=S)cc(Br)c1O. The number of aryl methyl sites for hydroxylation is 1. The van der Waals surface area contributed by atoms with Crippen molar-refractivity contribution in [1.29, 1.82) is 0 Å². The summed E-state index contributed by atoms with van der Waals surface area (Å²) < 4.78 is 7.61. The molecule has 6 nitrogen and oxygen atoms in total. The van der Waals surface area contributed by atoms with Crippen LogP contribution in [0.1, 0.15) is 11.1 Å². The molecule has 0 atom stereocenters. The van der Waals surface area contributed by atoms with E-state index in [9.17, 15) is 5.11 Å². The number of aromatic nitrogens is 3. The normalized spacial score (nSPS) is 11.2. The van der Waals surface area contributed by atoms with Crippen molar-refractivity contribution in [3.8, 4) is 22.9 Å². The van der Waals surface area contributed by atoms with Crippen molar-refractivity contribution in [3.63, 3.8) is 0 Å². The summed E-state index contributed by atoms with van der Waals surface area (Å²) in [6.45, 7) is 2.00. The molecule has 8 heteroatoms. The van der Waals surface area contributed by atoms with Crippen molar-refractivity contribution in [2.45, 2.75) is 6.92 Å². The van der Waals surface area contributed by atoms with Gasteiger partial charge in [0.1, 0.15) is 0 Å². The van der Waals surface area contributed by atoms with E-state index < -0.39 is 0 Å². The number of nitrogens with zero attached hydrogens (tertiary/aromatic N) is 3. The third-order valence-corrected chi connectivity index (χ3v) is 4.50. The third kappa shape index (κ3) is 3.49. The predicted octanol–water partition coefficient (Wildman–Crippen LogP) is 4.28. The number of benzene rings is 2. The van der Waals surface area contributed by atoms with Gasteiger partial charge in [0.15, 0.2) is 17.3 Å². The van der Waals surface area contributed by atoms with Gasteiger partial charge in [-0.15, -0.1) is 0 Å². The predicted molar refractivity (Wildman–Crippen MR) is 103 cm³/mol. The van der Waals surface area contributed by atoms with Gasteiger partial charge in [-0.1, -0.05) is 24.3 Å². The molecule has 128 valence electrons. The van der Waals surface area contributed by atoms with Gasteiger partial charge < -0.3 is 9.84 Å². The van der Waals surface area contributed by atoms with Crippen LogP contribution in [0.15, 0.2) is 46.0 Å². The molecule has 0 saturated heterocycles. The number of hydrogen-bond donors (Lipinski definition) is 2. The summed E-state index contributed by atoms with van der Waals surface area (Å²) in [6.07, 6.45) is 1.62. The Kier molecular flexibility index (Phi) is 5.00. The number of hydrogen-bond acceptors (Lipinski definition) is 5. The molecule has 0 unspecified atom stereocenters. The molecule has 3 aromatic rings. The number of aromatic hydroxyl groups is 1. The van der Waals surface area contributed by atoms with Crippen molar-refractivity contribution >= 4 is 34.4 Å². The number of nitrogens with one attached hydrogen (secondary N) is 1. The summed E-state index contributed by atoms with van der Waals surface area (Å²) in [5.74, 6) is 1.02. The van der Waals surface area contributed by atoms with Crippen LogP contribution in [-0.4, -0.2) is 33.3 Å². The molecule has 0 bridgehead atoms. The molecule has 0 radical (unpaired) electrons. The first kappa shape index (κ1) is 17.4. The number of H-pyrrole nitrogens is 1. The molecule has 0 fully saturated rings. The van der Waals surface area contributed by atoms with Gasteiger partial charge in [-0.3, -0.25) is 0 Å². The molecule has 3 rings (SSSR count). The van der Waals surface area contributed by atoms with E-state index in [1.807, 2.05) is 31.2 Å². The fourth-order valence-corrected chi connectivity index (χ4v) is 2.98. The Bertz CT molecular complexity index is 1010. The first-order chi connectivity index (χ1) is 12.0. The number of phenols is 1. The number of halogens is 1. The lowest BCUT2D eigenvalue weighted by molar-refractivity contribution is 0.372. The van der Waals surface area contributed by atoms with Crippen LogP contribution in [0.3, 0.4) is 0 Å².